The standard InChI is InChI=1S/C24H22N6O4S/c1-12-13(2)35-23-20(12)21(25-18(11-19(31)34-4)22-27-26-14(3)30(22)23)15-5-7-16(8-6-15)29-10-9-17(28-29)24(32)33/h5-10,18H,11H2,1-4H3,(H,32,33)/t18-/m0/s1. The van der Waals surface area contributed by atoms with E-state index in [0.717, 1.165) is 38.1 Å². The molecule has 0 bridgehead atoms. The number of rotatable bonds is 5. The van der Waals surface area contributed by atoms with Crippen LogP contribution in [0.1, 0.15) is 56.2 Å². The highest BCUT2D eigenvalue weighted by Crippen LogP contribution is 2.39. The normalized spacial score (nSPS) is 14.6. The molecule has 1 aliphatic heterocycles. The molecule has 178 valence electrons. The summed E-state index contributed by atoms with van der Waals surface area (Å²) in [6, 6.07) is 8.43. The molecular formula is C24H22N6O4S. The van der Waals surface area contributed by atoms with Crippen molar-refractivity contribution in [3.8, 4) is 10.7 Å². The lowest BCUT2D eigenvalue weighted by atomic mass is 9.99. The molecule has 5 rings (SSSR count). The molecule has 3 aromatic heterocycles. The van der Waals surface area contributed by atoms with Gasteiger partial charge in [-0.15, -0.1) is 21.5 Å². The molecule has 1 aliphatic rings. The highest BCUT2D eigenvalue weighted by atomic mass is 32.1. The Morgan fingerprint density at radius 1 is 1.11 bits per heavy atom. The Labute approximate surface area is 204 Å². The van der Waals surface area contributed by atoms with Gasteiger partial charge in [0.15, 0.2) is 11.5 Å². The number of carboxylic acid groups (broad SMARTS) is 1. The third kappa shape index (κ3) is 3.83. The largest absolute Gasteiger partial charge is 0.476 e. The predicted molar refractivity (Wildman–Crippen MR) is 129 cm³/mol. The first-order valence-corrected chi connectivity index (χ1v) is 11.7. The van der Waals surface area contributed by atoms with Crippen LogP contribution < -0.4 is 0 Å². The number of carbonyl (C=O) groups is 2. The topological polar surface area (TPSA) is 124 Å². The molecule has 0 spiro atoms. The number of methoxy groups -OCH3 is 1. The molecule has 0 saturated carbocycles. The second-order valence-electron chi connectivity index (χ2n) is 8.18. The van der Waals surface area contributed by atoms with Crippen molar-refractivity contribution in [3.05, 3.63) is 75.4 Å². The van der Waals surface area contributed by atoms with Gasteiger partial charge in [0, 0.05) is 22.2 Å². The summed E-state index contributed by atoms with van der Waals surface area (Å²) in [7, 11) is 1.35. The van der Waals surface area contributed by atoms with E-state index < -0.39 is 12.0 Å². The van der Waals surface area contributed by atoms with E-state index in [1.54, 1.807) is 17.5 Å². The van der Waals surface area contributed by atoms with Gasteiger partial charge in [0.05, 0.1) is 24.9 Å². The Hall–Kier alpha value is -4.12. The van der Waals surface area contributed by atoms with Gasteiger partial charge >= 0.3 is 11.9 Å². The number of aromatic nitrogens is 5. The summed E-state index contributed by atoms with van der Waals surface area (Å²) in [5.41, 5.74) is 4.37. The van der Waals surface area contributed by atoms with Gasteiger partial charge in [-0.25, -0.2) is 9.48 Å². The van der Waals surface area contributed by atoms with E-state index in [2.05, 4.69) is 29.1 Å². The predicted octanol–water partition coefficient (Wildman–Crippen LogP) is 3.59. The van der Waals surface area contributed by atoms with Crippen LogP contribution >= 0.6 is 11.3 Å². The zero-order valence-electron chi connectivity index (χ0n) is 19.5. The van der Waals surface area contributed by atoms with E-state index in [0.29, 0.717) is 11.5 Å². The van der Waals surface area contributed by atoms with E-state index in [9.17, 15) is 9.59 Å². The van der Waals surface area contributed by atoms with Crippen LogP contribution in [0.15, 0.2) is 41.5 Å². The summed E-state index contributed by atoms with van der Waals surface area (Å²) in [5, 5.41) is 22.8. The molecule has 11 heteroatoms. The number of nitrogens with zero attached hydrogens (tertiary/aromatic N) is 6. The molecule has 0 saturated heterocycles. The number of aliphatic imine (C=N–C) groups is 1. The maximum absolute atomic E-state index is 12.2. The zero-order valence-corrected chi connectivity index (χ0v) is 20.3. The van der Waals surface area contributed by atoms with Crippen LogP contribution in [0.4, 0.5) is 0 Å². The van der Waals surface area contributed by atoms with E-state index in [1.807, 2.05) is 35.8 Å². The quantitative estimate of drug-likeness (QED) is 0.424. The Morgan fingerprint density at radius 2 is 1.86 bits per heavy atom. The molecule has 4 aromatic rings. The van der Waals surface area contributed by atoms with Crippen molar-refractivity contribution in [1.29, 1.82) is 0 Å². The van der Waals surface area contributed by atoms with Crippen molar-refractivity contribution in [3.63, 3.8) is 0 Å². The second kappa shape index (κ2) is 8.58. The maximum Gasteiger partial charge on any atom is 0.356 e. The van der Waals surface area contributed by atoms with Crippen molar-refractivity contribution in [2.24, 2.45) is 4.99 Å². The number of carbonyl (C=O) groups excluding carboxylic acids is 1. The van der Waals surface area contributed by atoms with E-state index in [4.69, 9.17) is 14.8 Å². The molecule has 0 fully saturated rings. The Bertz CT molecular complexity index is 1490. The fourth-order valence-electron chi connectivity index (χ4n) is 4.12. The number of aromatic carboxylic acids is 1. The van der Waals surface area contributed by atoms with Gasteiger partial charge in [0.2, 0.25) is 0 Å². The Morgan fingerprint density at radius 3 is 2.51 bits per heavy atom. The van der Waals surface area contributed by atoms with Crippen molar-refractivity contribution < 1.29 is 19.4 Å². The van der Waals surface area contributed by atoms with Crippen LogP contribution in [-0.4, -0.2) is 54.4 Å². The van der Waals surface area contributed by atoms with Crippen molar-refractivity contribution >= 4 is 29.0 Å². The van der Waals surface area contributed by atoms with Crippen molar-refractivity contribution in [2.75, 3.05) is 7.11 Å². The van der Waals surface area contributed by atoms with Crippen molar-refractivity contribution in [2.45, 2.75) is 33.2 Å². The lowest BCUT2D eigenvalue weighted by Gasteiger charge is -2.12. The number of ether oxygens (including phenoxy) is 1. The monoisotopic (exact) mass is 490 g/mol. The third-order valence-electron chi connectivity index (χ3n) is 6.04. The fourth-order valence-corrected chi connectivity index (χ4v) is 5.33. The SMILES string of the molecule is COC(=O)C[C@@H]1N=C(c2ccc(-n3ccc(C(=O)O)n3)cc2)c2c(sc(C)c2C)-n2c(C)nnc21. The minimum Gasteiger partial charge on any atom is -0.476 e. The third-order valence-corrected chi connectivity index (χ3v) is 7.23. The molecule has 10 nitrogen and oxygen atoms in total. The molecule has 0 unspecified atom stereocenters. The minimum atomic E-state index is -1.08. The molecule has 0 radical (unpaired) electrons. The fraction of sp³-hybridized carbons (Fsp3) is 0.250. The Balaban J connectivity index is 1.65. The van der Waals surface area contributed by atoms with Gasteiger partial charge < -0.3 is 9.84 Å². The summed E-state index contributed by atoms with van der Waals surface area (Å²) in [6.45, 7) is 6.01. The summed E-state index contributed by atoms with van der Waals surface area (Å²) in [6.07, 6.45) is 1.64. The lowest BCUT2D eigenvalue weighted by Crippen LogP contribution is -2.12. The number of aryl methyl sites for hydroxylation is 2. The molecule has 0 amide bonds. The van der Waals surface area contributed by atoms with E-state index >= 15 is 0 Å². The van der Waals surface area contributed by atoms with Crippen molar-refractivity contribution in [1.82, 2.24) is 24.5 Å². The Kier molecular flexibility index (Phi) is 5.56. The van der Waals surface area contributed by atoms with Gasteiger partial charge in [-0.3, -0.25) is 14.4 Å². The number of esters is 1. The molecule has 4 heterocycles. The molecule has 0 aliphatic carbocycles. The van der Waals surface area contributed by atoms with Crippen LogP contribution in [0.5, 0.6) is 0 Å². The summed E-state index contributed by atoms with van der Waals surface area (Å²) in [5.74, 6) is -0.147. The molecular weight excluding hydrogens is 468 g/mol. The summed E-state index contributed by atoms with van der Waals surface area (Å²) < 4.78 is 8.42. The van der Waals surface area contributed by atoms with Gasteiger partial charge in [0.25, 0.3) is 0 Å². The number of hydrogen-bond donors (Lipinski definition) is 1. The van der Waals surface area contributed by atoms with E-state index in [-0.39, 0.29) is 18.1 Å². The first-order valence-electron chi connectivity index (χ1n) is 10.9. The molecule has 1 aromatic carbocycles. The van der Waals surface area contributed by atoms with Gasteiger partial charge in [0.1, 0.15) is 16.9 Å². The van der Waals surface area contributed by atoms with Crippen LogP contribution in [-0.2, 0) is 9.53 Å². The number of thiophene rings is 1. The number of benzene rings is 1. The number of carboxylic acids is 1. The molecule has 1 atom stereocenters. The van der Waals surface area contributed by atoms with Gasteiger partial charge in [-0.2, -0.15) is 5.10 Å². The number of hydrogen-bond acceptors (Lipinski definition) is 8. The summed E-state index contributed by atoms with van der Waals surface area (Å²) in [4.78, 5) is 29.6. The van der Waals surface area contributed by atoms with Crippen LogP contribution in [0.25, 0.3) is 10.7 Å². The second-order valence-corrected chi connectivity index (χ2v) is 9.38. The molecule has 35 heavy (non-hydrogen) atoms. The van der Waals surface area contributed by atoms with E-state index in [1.165, 1.54) is 17.9 Å². The zero-order chi connectivity index (χ0) is 24.9. The summed E-state index contributed by atoms with van der Waals surface area (Å²) >= 11 is 1.64. The molecule has 1 N–H and O–H groups in total. The highest BCUT2D eigenvalue weighted by molar-refractivity contribution is 7.15. The van der Waals surface area contributed by atoms with Crippen LogP contribution in [0.2, 0.25) is 0 Å². The minimum absolute atomic E-state index is 0.0275. The van der Waals surface area contributed by atoms with Gasteiger partial charge in [-0.1, -0.05) is 12.1 Å². The van der Waals surface area contributed by atoms with Crippen LogP contribution in [0, 0.1) is 20.8 Å². The first-order chi connectivity index (χ1) is 16.8. The highest BCUT2D eigenvalue weighted by Gasteiger charge is 2.32. The van der Waals surface area contributed by atoms with Gasteiger partial charge in [-0.05, 0) is 44.5 Å². The average molecular weight is 491 g/mol. The van der Waals surface area contributed by atoms with Crippen LogP contribution in [0.3, 0.4) is 0 Å². The average Bonchev–Trinajstić information content (AvgIpc) is 3.53. The number of fused-ring (bicyclic) bond motifs is 3. The lowest BCUT2D eigenvalue weighted by molar-refractivity contribution is -0.141. The smallest absolute Gasteiger partial charge is 0.356 e. The maximum atomic E-state index is 12.2. The first kappa shape index (κ1) is 22.7.